The molecule has 4 saturated carbocycles. The summed E-state index contributed by atoms with van der Waals surface area (Å²) in [5.74, 6) is 5.27. The van der Waals surface area contributed by atoms with E-state index in [1.165, 1.54) is 19.5 Å². The third-order valence-corrected chi connectivity index (χ3v) is 7.77. The van der Waals surface area contributed by atoms with Crippen LogP contribution in [0.2, 0.25) is 0 Å². The zero-order chi connectivity index (χ0) is 12.6. The van der Waals surface area contributed by atoms with Gasteiger partial charge in [0.15, 0.2) is 0 Å². The van der Waals surface area contributed by atoms with E-state index in [0.29, 0.717) is 0 Å². The van der Waals surface area contributed by atoms with Crippen molar-refractivity contribution >= 4 is 0 Å². The van der Waals surface area contributed by atoms with Crippen molar-refractivity contribution in [1.82, 2.24) is 4.90 Å². The smallest absolute Gasteiger partial charge is 0.0108 e. The van der Waals surface area contributed by atoms with Gasteiger partial charge in [0.2, 0.25) is 0 Å². The van der Waals surface area contributed by atoms with Crippen molar-refractivity contribution in [3.63, 3.8) is 0 Å². The largest absolute Gasteiger partial charge is 0.299 e. The van der Waals surface area contributed by atoms with Crippen LogP contribution < -0.4 is 0 Å². The van der Waals surface area contributed by atoms with E-state index in [9.17, 15) is 0 Å². The minimum Gasteiger partial charge on any atom is -0.299 e. The highest BCUT2D eigenvalue weighted by Gasteiger charge is 2.61. The average molecular weight is 257 g/mol. The Hall–Kier alpha value is -0.300. The summed E-state index contributed by atoms with van der Waals surface area (Å²) in [6, 6.07) is 0.917. The quantitative estimate of drug-likeness (QED) is 0.647. The monoisotopic (exact) mass is 257 g/mol. The van der Waals surface area contributed by atoms with Crippen LogP contribution in [0, 0.1) is 35.0 Å². The van der Waals surface area contributed by atoms with Gasteiger partial charge >= 0.3 is 0 Å². The van der Waals surface area contributed by atoms with Gasteiger partial charge in [-0.15, -0.1) is 6.58 Å². The van der Waals surface area contributed by atoms with Gasteiger partial charge in [-0.25, -0.2) is 0 Å². The van der Waals surface area contributed by atoms with Gasteiger partial charge < -0.3 is 0 Å². The normalized spacial score (nSPS) is 58.9. The third kappa shape index (κ3) is 1.41. The fraction of sp³-hybridized carbons (Fsp3) is 0.889. The number of hydrogen-bond donors (Lipinski definition) is 0. The number of nitrogens with zero attached hydrogens (tertiary/aromatic N) is 1. The molecule has 4 aliphatic carbocycles. The SMILES string of the molecule is C=C[C@H]1C[C@@H]2CC3(CN2C1)C1CC2CC(C1)CC3C2. The fourth-order valence-electron chi connectivity index (χ4n) is 7.20. The van der Waals surface area contributed by atoms with Gasteiger partial charge in [-0.05, 0) is 80.0 Å². The van der Waals surface area contributed by atoms with Crippen molar-refractivity contribution in [3.8, 4) is 0 Å². The van der Waals surface area contributed by atoms with Crippen LogP contribution in [-0.2, 0) is 0 Å². The van der Waals surface area contributed by atoms with E-state index in [2.05, 4.69) is 17.6 Å². The van der Waals surface area contributed by atoms with Crippen molar-refractivity contribution < 1.29 is 0 Å². The topological polar surface area (TPSA) is 3.24 Å². The molecule has 0 amide bonds. The molecule has 104 valence electrons. The lowest BCUT2D eigenvalue weighted by Gasteiger charge is -2.60. The van der Waals surface area contributed by atoms with Crippen molar-refractivity contribution in [2.75, 3.05) is 13.1 Å². The first-order valence-electron chi connectivity index (χ1n) is 8.63. The zero-order valence-electron chi connectivity index (χ0n) is 12.1. The Balaban J connectivity index is 1.43. The first kappa shape index (κ1) is 11.4. The Kier molecular flexibility index (Phi) is 2.19. The summed E-state index contributed by atoms with van der Waals surface area (Å²) in [5.41, 5.74) is 0.768. The maximum absolute atomic E-state index is 4.02. The average Bonchev–Trinajstić information content (AvgIpc) is 2.91. The summed E-state index contributed by atoms with van der Waals surface area (Å²) in [4.78, 5) is 2.86. The molecule has 0 aromatic heterocycles. The Morgan fingerprint density at radius 3 is 2.21 bits per heavy atom. The molecule has 1 spiro atoms. The molecule has 1 nitrogen and oxygen atoms in total. The summed E-state index contributed by atoms with van der Waals surface area (Å²) in [5, 5.41) is 0. The molecule has 1 heteroatoms. The van der Waals surface area contributed by atoms with Gasteiger partial charge in [-0.2, -0.15) is 0 Å². The molecule has 2 atom stereocenters. The molecule has 6 rings (SSSR count). The van der Waals surface area contributed by atoms with Crippen LogP contribution in [0.4, 0.5) is 0 Å². The maximum atomic E-state index is 4.02. The van der Waals surface area contributed by atoms with E-state index in [-0.39, 0.29) is 0 Å². The fourth-order valence-corrected chi connectivity index (χ4v) is 7.20. The molecule has 19 heavy (non-hydrogen) atoms. The molecule has 2 heterocycles. The Bertz CT molecular complexity index is 368. The molecule has 4 bridgehead atoms. The molecule has 6 fully saturated rings. The van der Waals surface area contributed by atoms with E-state index >= 15 is 0 Å². The minimum absolute atomic E-state index is 0.768. The van der Waals surface area contributed by atoms with Crippen LogP contribution >= 0.6 is 0 Å². The maximum Gasteiger partial charge on any atom is 0.0108 e. The second-order valence-corrected chi connectivity index (χ2v) is 8.56. The van der Waals surface area contributed by atoms with Gasteiger partial charge in [-0.3, -0.25) is 4.90 Å². The lowest BCUT2D eigenvalue weighted by atomic mass is 9.45. The molecule has 0 radical (unpaired) electrons. The molecule has 0 N–H and O–H groups in total. The van der Waals surface area contributed by atoms with E-state index in [0.717, 1.165) is 41.0 Å². The molecule has 2 aliphatic heterocycles. The Labute approximate surface area is 117 Å². The second-order valence-electron chi connectivity index (χ2n) is 8.56. The van der Waals surface area contributed by atoms with Crippen LogP contribution in [-0.4, -0.2) is 24.0 Å². The molecule has 0 aromatic rings. The molecule has 0 aromatic carbocycles. The lowest BCUT2D eigenvalue weighted by molar-refractivity contribution is -0.103. The first-order chi connectivity index (χ1) is 9.27. The van der Waals surface area contributed by atoms with Crippen molar-refractivity contribution in [1.29, 1.82) is 0 Å². The van der Waals surface area contributed by atoms with Gasteiger partial charge in [0.1, 0.15) is 0 Å². The molecule has 6 aliphatic rings. The number of fused-ring (bicyclic) bond motifs is 1. The molecule has 0 unspecified atom stereocenters. The molecular formula is C18H27N. The van der Waals surface area contributed by atoms with Gasteiger partial charge in [0, 0.05) is 19.1 Å². The standard InChI is InChI=1S/C18H27N/c1-2-12-8-17-9-18(11-19(17)10-12)15-4-13-3-14(6-15)7-16(18)5-13/h2,12-17H,1,3-11H2/t12-,13?,14?,15?,16?,17+,18?/m0/s1. The summed E-state index contributed by atoms with van der Waals surface area (Å²) >= 11 is 0. The Morgan fingerprint density at radius 1 is 0.947 bits per heavy atom. The van der Waals surface area contributed by atoms with E-state index in [1.807, 2.05) is 0 Å². The van der Waals surface area contributed by atoms with Crippen LogP contribution in [0.1, 0.15) is 44.9 Å². The van der Waals surface area contributed by atoms with Gasteiger partial charge in [0.05, 0.1) is 0 Å². The highest BCUT2D eigenvalue weighted by Crippen LogP contribution is 2.66. The van der Waals surface area contributed by atoms with Crippen molar-refractivity contribution in [2.24, 2.45) is 35.0 Å². The predicted octanol–water partition coefficient (Wildman–Crippen LogP) is 3.71. The summed E-state index contributed by atoms with van der Waals surface area (Å²) in [7, 11) is 0. The van der Waals surface area contributed by atoms with Crippen molar-refractivity contribution in [2.45, 2.75) is 51.0 Å². The van der Waals surface area contributed by atoms with E-state index < -0.39 is 0 Å². The third-order valence-electron chi connectivity index (χ3n) is 7.77. The van der Waals surface area contributed by atoms with Gasteiger partial charge in [-0.1, -0.05) is 6.08 Å². The summed E-state index contributed by atoms with van der Waals surface area (Å²) < 4.78 is 0. The number of hydrogen-bond acceptors (Lipinski definition) is 1. The zero-order valence-corrected chi connectivity index (χ0v) is 12.1. The van der Waals surface area contributed by atoms with Crippen LogP contribution in [0.3, 0.4) is 0 Å². The van der Waals surface area contributed by atoms with Crippen LogP contribution in [0.25, 0.3) is 0 Å². The second kappa shape index (κ2) is 3.67. The Morgan fingerprint density at radius 2 is 1.63 bits per heavy atom. The summed E-state index contributed by atoms with van der Waals surface area (Å²) in [6.07, 6.45) is 13.1. The number of rotatable bonds is 1. The molecule has 2 saturated heterocycles. The summed E-state index contributed by atoms with van der Waals surface area (Å²) in [6.45, 7) is 6.80. The minimum atomic E-state index is 0.768. The van der Waals surface area contributed by atoms with E-state index in [4.69, 9.17) is 0 Å². The first-order valence-corrected chi connectivity index (χ1v) is 8.63. The van der Waals surface area contributed by atoms with Crippen molar-refractivity contribution in [3.05, 3.63) is 12.7 Å². The molecular weight excluding hydrogens is 230 g/mol. The highest BCUT2D eigenvalue weighted by molar-refractivity contribution is 5.13. The van der Waals surface area contributed by atoms with Crippen LogP contribution in [0.5, 0.6) is 0 Å². The van der Waals surface area contributed by atoms with Crippen LogP contribution in [0.15, 0.2) is 12.7 Å². The lowest BCUT2D eigenvalue weighted by Crippen LogP contribution is -2.54. The van der Waals surface area contributed by atoms with E-state index in [1.54, 1.807) is 38.5 Å². The predicted molar refractivity (Wildman–Crippen MR) is 77.8 cm³/mol. The van der Waals surface area contributed by atoms with Gasteiger partial charge in [0.25, 0.3) is 0 Å². The highest BCUT2D eigenvalue weighted by atomic mass is 15.2.